The lowest BCUT2D eigenvalue weighted by Gasteiger charge is -2.23. The minimum Gasteiger partial charge on any atom is -0.388 e. The molecule has 0 aliphatic carbocycles. The summed E-state index contributed by atoms with van der Waals surface area (Å²) >= 11 is 0. The van der Waals surface area contributed by atoms with Gasteiger partial charge in [-0.15, -0.1) is 0 Å². The normalized spacial score (nSPS) is 16.4. The molecule has 32 heavy (non-hydrogen) atoms. The lowest BCUT2D eigenvalue weighted by atomic mass is 10.4. The second-order valence-corrected chi connectivity index (χ2v) is 10.5. The van der Waals surface area contributed by atoms with Crippen molar-refractivity contribution < 1.29 is 49.0 Å². The van der Waals surface area contributed by atoms with Gasteiger partial charge >= 0.3 is 8.25 Å². The van der Waals surface area contributed by atoms with Crippen molar-refractivity contribution in [1.29, 1.82) is 0 Å². The number of aliphatic hydroxyl groups is 2. The zero-order chi connectivity index (χ0) is 23.9. The van der Waals surface area contributed by atoms with Gasteiger partial charge in [0.05, 0.1) is 9.79 Å². The van der Waals surface area contributed by atoms with Gasteiger partial charge in [0.1, 0.15) is 12.2 Å². The lowest BCUT2D eigenvalue weighted by Crippen LogP contribution is -2.33. The monoisotopic (exact) mass is 510 g/mol. The first-order valence-corrected chi connectivity index (χ1v) is 13.2. The molecule has 4 atom stereocenters. The van der Waals surface area contributed by atoms with E-state index in [-0.39, 0.29) is 9.79 Å². The molecule has 2 aromatic rings. The summed E-state index contributed by atoms with van der Waals surface area (Å²) in [6, 6.07) is 13.9. The van der Waals surface area contributed by atoms with Crippen LogP contribution in [0.25, 0.3) is 0 Å². The third-order valence-corrected chi connectivity index (χ3v) is 7.15. The maximum Gasteiger partial charge on any atom is 0.324 e. The summed E-state index contributed by atoms with van der Waals surface area (Å²) in [5, 5.41) is 19.6. The first-order chi connectivity index (χ1) is 14.9. The number of rotatable bonds is 12. The molecule has 0 heterocycles. The minimum atomic E-state index is -4.40. The third-order valence-electron chi connectivity index (χ3n) is 3.72. The second-order valence-electron chi connectivity index (χ2n) is 6.43. The molecule has 0 saturated carbocycles. The van der Waals surface area contributed by atoms with Crippen LogP contribution >= 0.6 is 8.25 Å². The summed E-state index contributed by atoms with van der Waals surface area (Å²) in [4.78, 5) is -0.483. The van der Waals surface area contributed by atoms with E-state index >= 15 is 0 Å². The molecule has 0 spiro atoms. The Balaban J connectivity index is 2.10. The minimum absolute atomic E-state index is 0.242. The Bertz CT molecular complexity index is 1000. The van der Waals surface area contributed by atoms with Crippen LogP contribution in [0.2, 0.25) is 0 Å². The van der Waals surface area contributed by atoms with Gasteiger partial charge in [-0.05, 0) is 38.1 Å². The van der Waals surface area contributed by atoms with E-state index < -0.39 is 53.3 Å². The molecule has 2 rings (SSSR count). The average molecular weight is 510 g/mol. The first-order valence-electron chi connectivity index (χ1n) is 9.12. The van der Waals surface area contributed by atoms with E-state index in [4.69, 9.17) is 17.4 Å². The summed E-state index contributed by atoms with van der Waals surface area (Å²) in [6.45, 7) is 2.23. The molecule has 0 amide bonds. The van der Waals surface area contributed by atoms with Crippen molar-refractivity contribution in [3.63, 3.8) is 0 Å². The van der Waals surface area contributed by atoms with Gasteiger partial charge in [-0.2, -0.15) is 16.8 Å². The highest BCUT2D eigenvalue weighted by Crippen LogP contribution is 2.33. The molecule has 14 heteroatoms. The standard InChI is InChI=1S/C18H23O11PS2/c1-13(19)17(28-31(22,23)15-9-5-3-6-10-15)26-30(21)27-18(14(2)20)29-32(24,25)16-11-7-4-8-12-16/h3-14,17-20,30H,1-2H3/t13-,14-,17-,18-/m0/s1. The van der Waals surface area contributed by atoms with Crippen molar-refractivity contribution in [2.45, 2.75) is 48.4 Å². The maximum atomic E-state index is 12.3. The predicted octanol–water partition coefficient (Wildman–Crippen LogP) is 1.63. The topological polar surface area (TPSA) is 163 Å². The van der Waals surface area contributed by atoms with Crippen LogP contribution in [0.5, 0.6) is 0 Å². The van der Waals surface area contributed by atoms with E-state index in [1.807, 2.05) is 0 Å². The maximum absolute atomic E-state index is 12.3. The van der Waals surface area contributed by atoms with Crippen LogP contribution in [0, 0.1) is 0 Å². The molecule has 2 aromatic carbocycles. The number of hydrogen-bond acceptors (Lipinski definition) is 11. The molecule has 0 aromatic heterocycles. The van der Waals surface area contributed by atoms with Crippen LogP contribution in [0.1, 0.15) is 13.8 Å². The molecule has 0 aliphatic heterocycles. The molecule has 11 nitrogen and oxygen atoms in total. The summed E-state index contributed by atoms with van der Waals surface area (Å²) in [5.41, 5.74) is 0. The van der Waals surface area contributed by atoms with E-state index in [1.165, 1.54) is 48.5 Å². The van der Waals surface area contributed by atoms with Gasteiger partial charge in [0.2, 0.25) is 12.6 Å². The quantitative estimate of drug-likeness (QED) is 0.242. The van der Waals surface area contributed by atoms with Crippen LogP contribution < -0.4 is 0 Å². The highest BCUT2D eigenvalue weighted by molar-refractivity contribution is 7.87. The zero-order valence-electron chi connectivity index (χ0n) is 17.0. The SMILES string of the molecule is C[C@H](O)[C@@H](O[PH](=O)O[C@@H](OS(=O)(=O)c1ccccc1)[C@H](C)O)OS(=O)(=O)c1ccccc1. The van der Waals surface area contributed by atoms with Crippen molar-refractivity contribution in [3.8, 4) is 0 Å². The van der Waals surface area contributed by atoms with E-state index in [1.54, 1.807) is 12.1 Å². The lowest BCUT2D eigenvalue weighted by molar-refractivity contribution is -0.106. The highest BCUT2D eigenvalue weighted by Gasteiger charge is 2.32. The number of hydrogen-bond donors (Lipinski definition) is 2. The Kier molecular flexibility index (Phi) is 9.52. The molecule has 0 aliphatic rings. The van der Waals surface area contributed by atoms with Crippen LogP contribution in [-0.4, -0.2) is 51.8 Å². The van der Waals surface area contributed by atoms with Gasteiger partial charge in [0, 0.05) is 0 Å². The van der Waals surface area contributed by atoms with E-state index in [0.29, 0.717) is 0 Å². The molecule has 0 fully saturated rings. The third kappa shape index (κ3) is 7.73. The van der Waals surface area contributed by atoms with E-state index in [2.05, 4.69) is 0 Å². The van der Waals surface area contributed by atoms with Gasteiger partial charge < -0.3 is 10.2 Å². The Labute approximate surface area is 186 Å². The second kappa shape index (κ2) is 11.5. The Morgan fingerprint density at radius 1 is 0.688 bits per heavy atom. The van der Waals surface area contributed by atoms with Gasteiger partial charge in [-0.3, -0.25) is 13.6 Å². The number of benzene rings is 2. The fourth-order valence-corrected chi connectivity index (χ4v) is 5.32. The molecule has 0 bridgehead atoms. The zero-order valence-corrected chi connectivity index (χ0v) is 19.6. The van der Waals surface area contributed by atoms with Crippen molar-refractivity contribution >= 4 is 28.5 Å². The molecule has 178 valence electrons. The Morgan fingerprint density at radius 3 is 1.28 bits per heavy atom. The van der Waals surface area contributed by atoms with E-state index in [9.17, 15) is 31.6 Å². The molecular weight excluding hydrogens is 487 g/mol. The van der Waals surface area contributed by atoms with Gasteiger partial charge in [0.15, 0.2) is 0 Å². The smallest absolute Gasteiger partial charge is 0.324 e. The van der Waals surface area contributed by atoms with Gasteiger partial charge in [0.25, 0.3) is 20.2 Å². The molecule has 0 radical (unpaired) electrons. The fraction of sp³-hybridized carbons (Fsp3) is 0.333. The van der Waals surface area contributed by atoms with Crippen LogP contribution in [0.15, 0.2) is 70.5 Å². The average Bonchev–Trinajstić information content (AvgIpc) is 2.73. The fourth-order valence-electron chi connectivity index (χ4n) is 2.15. The predicted molar refractivity (Wildman–Crippen MR) is 112 cm³/mol. The van der Waals surface area contributed by atoms with Crippen molar-refractivity contribution in [2.24, 2.45) is 0 Å². The summed E-state index contributed by atoms with van der Waals surface area (Å²) in [7, 11) is -12.5. The van der Waals surface area contributed by atoms with Crippen molar-refractivity contribution in [3.05, 3.63) is 60.7 Å². The molecule has 2 N–H and O–H groups in total. The summed E-state index contributed by atoms with van der Waals surface area (Å²) in [6.07, 6.45) is -7.06. The van der Waals surface area contributed by atoms with Crippen molar-refractivity contribution in [2.75, 3.05) is 0 Å². The van der Waals surface area contributed by atoms with Crippen LogP contribution in [0.3, 0.4) is 0 Å². The Morgan fingerprint density at radius 2 is 1.00 bits per heavy atom. The highest BCUT2D eigenvalue weighted by atomic mass is 32.2. The molecule has 0 saturated heterocycles. The molecular formula is C18H23O11PS2. The molecule has 0 unspecified atom stereocenters. The largest absolute Gasteiger partial charge is 0.388 e. The van der Waals surface area contributed by atoms with Crippen molar-refractivity contribution in [1.82, 2.24) is 0 Å². The van der Waals surface area contributed by atoms with Crippen LogP contribution in [-0.2, 0) is 42.2 Å². The summed E-state index contributed by atoms with van der Waals surface area (Å²) < 4.78 is 80.8. The van der Waals surface area contributed by atoms with Gasteiger partial charge in [-0.1, -0.05) is 36.4 Å². The summed E-state index contributed by atoms with van der Waals surface area (Å²) in [5.74, 6) is 0. The van der Waals surface area contributed by atoms with Crippen LogP contribution in [0.4, 0.5) is 0 Å². The first kappa shape index (κ1) is 26.6. The number of aliphatic hydroxyl groups excluding tert-OH is 2. The van der Waals surface area contributed by atoms with E-state index in [0.717, 1.165) is 13.8 Å². The van der Waals surface area contributed by atoms with Gasteiger partial charge in [-0.25, -0.2) is 8.37 Å². The Hall–Kier alpha value is -1.67.